The Morgan fingerprint density at radius 2 is 2.05 bits per heavy atom. The van der Waals surface area contributed by atoms with Crippen LogP contribution in [0.1, 0.15) is 45.1 Å². The lowest BCUT2D eigenvalue weighted by atomic mass is 10.1. The number of nitrogens with zero attached hydrogens (tertiary/aromatic N) is 1. The molecule has 0 fully saturated rings. The molecule has 0 aliphatic heterocycles. The van der Waals surface area contributed by atoms with E-state index in [-0.39, 0.29) is 0 Å². The Labute approximate surface area is 115 Å². The summed E-state index contributed by atoms with van der Waals surface area (Å²) in [6.07, 6.45) is 4.63. The molecule has 0 bridgehead atoms. The predicted molar refractivity (Wildman–Crippen MR) is 76.6 cm³/mol. The van der Waals surface area contributed by atoms with Crippen LogP contribution in [-0.4, -0.2) is 24.6 Å². The average molecular weight is 265 g/mol. The van der Waals surface area contributed by atoms with Gasteiger partial charge in [-0.05, 0) is 25.5 Å². The van der Waals surface area contributed by atoms with Gasteiger partial charge in [0.2, 0.25) is 0 Å². The molecule has 1 rings (SSSR count). The largest absolute Gasteiger partial charge is 0.497 e. The zero-order valence-corrected chi connectivity index (χ0v) is 12.0. The fourth-order valence-electron chi connectivity index (χ4n) is 1.81. The standard InChI is InChI=1S/C15H23NO3/c1-4-5-6-7-10-19-15-11-13(18-3)8-9-14(15)12(2)16-17/h8-9,11,17H,4-7,10H2,1-3H3/b16-12+. The SMILES string of the molecule is CCCCCCOc1cc(OC)ccc1/C(C)=N/O. The van der Waals surface area contributed by atoms with E-state index < -0.39 is 0 Å². The van der Waals surface area contributed by atoms with Gasteiger partial charge in [-0.1, -0.05) is 31.3 Å². The number of benzene rings is 1. The highest BCUT2D eigenvalue weighted by atomic mass is 16.5. The fraction of sp³-hybridized carbons (Fsp3) is 0.533. The summed E-state index contributed by atoms with van der Waals surface area (Å²) in [6, 6.07) is 5.49. The first-order chi connectivity index (χ1) is 9.22. The van der Waals surface area contributed by atoms with E-state index in [2.05, 4.69) is 12.1 Å². The summed E-state index contributed by atoms with van der Waals surface area (Å²) >= 11 is 0. The van der Waals surface area contributed by atoms with Gasteiger partial charge in [0.05, 0.1) is 19.4 Å². The molecule has 0 saturated carbocycles. The second-order valence-corrected chi connectivity index (χ2v) is 4.46. The van der Waals surface area contributed by atoms with Crippen LogP contribution >= 0.6 is 0 Å². The molecule has 1 N–H and O–H groups in total. The minimum Gasteiger partial charge on any atom is -0.497 e. The monoisotopic (exact) mass is 265 g/mol. The van der Waals surface area contributed by atoms with Gasteiger partial charge in [-0.2, -0.15) is 0 Å². The Kier molecular flexibility index (Phi) is 6.79. The Bertz CT molecular complexity index is 416. The molecular formula is C15H23NO3. The molecule has 0 spiro atoms. The van der Waals surface area contributed by atoms with Crippen LogP contribution in [0.25, 0.3) is 0 Å². The van der Waals surface area contributed by atoms with Crippen LogP contribution in [0.15, 0.2) is 23.4 Å². The van der Waals surface area contributed by atoms with Crippen molar-refractivity contribution < 1.29 is 14.7 Å². The van der Waals surface area contributed by atoms with Gasteiger partial charge >= 0.3 is 0 Å². The maximum atomic E-state index is 8.88. The quantitative estimate of drug-likeness (QED) is 0.336. The van der Waals surface area contributed by atoms with Crippen molar-refractivity contribution in [3.63, 3.8) is 0 Å². The third-order valence-electron chi connectivity index (χ3n) is 2.98. The third kappa shape index (κ3) is 4.81. The molecule has 0 amide bonds. The van der Waals surface area contributed by atoms with Gasteiger partial charge in [-0.3, -0.25) is 0 Å². The number of unbranched alkanes of at least 4 members (excludes halogenated alkanes) is 3. The van der Waals surface area contributed by atoms with Crippen LogP contribution in [0, 0.1) is 0 Å². The molecule has 0 unspecified atom stereocenters. The van der Waals surface area contributed by atoms with E-state index in [1.165, 1.54) is 19.3 Å². The molecule has 0 heterocycles. The number of methoxy groups -OCH3 is 1. The van der Waals surface area contributed by atoms with Crippen molar-refractivity contribution in [3.05, 3.63) is 23.8 Å². The fourth-order valence-corrected chi connectivity index (χ4v) is 1.81. The topological polar surface area (TPSA) is 51.0 Å². The highest BCUT2D eigenvalue weighted by Crippen LogP contribution is 2.25. The lowest BCUT2D eigenvalue weighted by molar-refractivity contribution is 0.300. The first-order valence-corrected chi connectivity index (χ1v) is 6.72. The molecule has 0 saturated heterocycles. The van der Waals surface area contributed by atoms with Crippen molar-refractivity contribution in [1.82, 2.24) is 0 Å². The van der Waals surface area contributed by atoms with Crippen LogP contribution in [0.4, 0.5) is 0 Å². The molecule has 0 aromatic heterocycles. The van der Waals surface area contributed by atoms with Crippen molar-refractivity contribution in [1.29, 1.82) is 0 Å². The predicted octanol–water partition coefficient (Wildman–Crippen LogP) is 3.85. The van der Waals surface area contributed by atoms with E-state index in [1.807, 2.05) is 18.2 Å². The first kappa shape index (κ1) is 15.3. The van der Waals surface area contributed by atoms with Crippen molar-refractivity contribution >= 4 is 5.71 Å². The number of rotatable bonds is 8. The number of hydrogen-bond donors (Lipinski definition) is 1. The Morgan fingerprint density at radius 3 is 2.68 bits per heavy atom. The maximum Gasteiger partial charge on any atom is 0.132 e. The van der Waals surface area contributed by atoms with Crippen molar-refractivity contribution in [2.24, 2.45) is 5.16 Å². The summed E-state index contributed by atoms with van der Waals surface area (Å²) < 4.78 is 11.0. The molecule has 19 heavy (non-hydrogen) atoms. The number of oxime groups is 1. The second kappa shape index (κ2) is 8.40. The van der Waals surface area contributed by atoms with Gasteiger partial charge in [-0.15, -0.1) is 0 Å². The van der Waals surface area contributed by atoms with E-state index in [1.54, 1.807) is 14.0 Å². The molecular weight excluding hydrogens is 242 g/mol. The van der Waals surface area contributed by atoms with Crippen LogP contribution in [0.3, 0.4) is 0 Å². The molecule has 106 valence electrons. The van der Waals surface area contributed by atoms with Crippen molar-refractivity contribution in [2.45, 2.75) is 39.5 Å². The van der Waals surface area contributed by atoms with Crippen LogP contribution in [-0.2, 0) is 0 Å². The van der Waals surface area contributed by atoms with Gasteiger partial charge in [0.15, 0.2) is 0 Å². The zero-order valence-electron chi connectivity index (χ0n) is 12.0. The maximum absolute atomic E-state index is 8.88. The van der Waals surface area contributed by atoms with E-state index in [4.69, 9.17) is 14.7 Å². The average Bonchev–Trinajstić information content (AvgIpc) is 2.46. The van der Waals surface area contributed by atoms with Gasteiger partial charge in [-0.25, -0.2) is 0 Å². The third-order valence-corrected chi connectivity index (χ3v) is 2.98. The minimum absolute atomic E-state index is 0.534. The molecule has 0 atom stereocenters. The van der Waals surface area contributed by atoms with Crippen LogP contribution < -0.4 is 9.47 Å². The van der Waals surface area contributed by atoms with E-state index in [0.717, 1.165) is 17.7 Å². The van der Waals surface area contributed by atoms with E-state index in [0.29, 0.717) is 18.1 Å². The molecule has 0 aliphatic rings. The summed E-state index contributed by atoms with van der Waals surface area (Å²) in [6.45, 7) is 4.59. The normalized spacial score (nSPS) is 11.4. The zero-order chi connectivity index (χ0) is 14.1. The van der Waals surface area contributed by atoms with Gasteiger partial charge in [0.25, 0.3) is 0 Å². The van der Waals surface area contributed by atoms with E-state index in [9.17, 15) is 0 Å². The summed E-state index contributed by atoms with van der Waals surface area (Å²) in [5.41, 5.74) is 1.32. The summed E-state index contributed by atoms with van der Waals surface area (Å²) in [4.78, 5) is 0. The second-order valence-electron chi connectivity index (χ2n) is 4.46. The highest BCUT2D eigenvalue weighted by Gasteiger charge is 2.09. The smallest absolute Gasteiger partial charge is 0.132 e. The number of hydrogen-bond acceptors (Lipinski definition) is 4. The Hall–Kier alpha value is -1.71. The van der Waals surface area contributed by atoms with Gasteiger partial charge in [0.1, 0.15) is 11.5 Å². The molecule has 0 radical (unpaired) electrons. The summed E-state index contributed by atoms with van der Waals surface area (Å²) in [5.74, 6) is 1.43. The highest BCUT2D eigenvalue weighted by molar-refractivity contribution is 6.00. The van der Waals surface area contributed by atoms with E-state index >= 15 is 0 Å². The lowest BCUT2D eigenvalue weighted by Crippen LogP contribution is -2.04. The number of ether oxygens (including phenoxy) is 2. The van der Waals surface area contributed by atoms with Crippen molar-refractivity contribution in [3.8, 4) is 11.5 Å². The first-order valence-electron chi connectivity index (χ1n) is 6.72. The molecule has 1 aromatic carbocycles. The minimum atomic E-state index is 0.534. The molecule has 0 aliphatic carbocycles. The Balaban J connectivity index is 2.72. The van der Waals surface area contributed by atoms with Crippen LogP contribution in [0.2, 0.25) is 0 Å². The lowest BCUT2D eigenvalue weighted by Gasteiger charge is -2.12. The van der Waals surface area contributed by atoms with Crippen molar-refractivity contribution in [2.75, 3.05) is 13.7 Å². The Morgan fingerprint density at radius 1 is 1.26 bits per heavy atom. The molecule has 1 aromatic rings. The van der Waals surface area contributed by atoms with Crippen LogP contribution in [0.5, 0.6) is 11.5 Å². The molecule has 4 heteroatoms. The summed E-state index contributed by atoms with van der Waals surface area (Å²) in [7, 11) is 1.62. The summed E-state index contributed by atoms with van der Waals surface area (Å²) in [5, 5.41) is 12.1. The van der Waals surface area contributed by atoms with Gasteiger partial charge in [0, 0.05) is 11.6 Å². The van der Waals surface area contributed by atoms with Gasteiger partial charge < -0.3 is 14.7 Å². The molecule has 4 nitrogen and oxygen atoms in total.